The molecule has 0 bridgehead atoms. The quantitative estimate of drug-likeness (QED) is 0.828. The van der Waals surface area contributed by atoms with E-state index in [1.807, 2.05) is 0 Å². The Morgan fingerprint density at radius 3 is 2.67 bits per heavy atom. The van der Waals surface area contributed by atoms with Crippen molar-refractivity contribution < 1.29 is 19.4 Å². The number of carbonyl (C=O) groups is 2. The van der Waals surface area contributed by atoms with Gasteiger partial charge in [0.05, 0.1) is 12.7 Å². The lowest BCUT2D eigenvalue weighted by atomic mass is 9.77. The number of aliphatic carboxylic acids is 1. The zero-order chi connectivity index (χ0) is 15.5. The number of anilines is 1. The van der Waals surface area contributed by atoms with E-state index < -0.39 is 17.5 Å². The lowest BCUT2D eigenvalue weighted by molar-refractivity contribution is -0.143. The Morgan fingerprint density at radius 1 is 1.43 bits per heavy atom. The minimum atomic E-state index is -1.01. The van der Waals surface area contributed by atoms with E-state index in [0.29, 0.717) is 30.1 Å². The van der Waals surface area contributed by atoms with Crippen molar-refractivity contribution in [3.63, 3.8) is 0 Å². The maximum atomic E-state index is 11.7. The molecule has 6 nitrogen and oxygen atoms in total. The number of ether oxygens (including phenoxy) is 1. The fourth-order valence-corrected chi connectivity index (χ4v) is 2.64. The average molecular weight is 292 g/mol. The Hall–Kier alpha value is -2.11. The Bertz CT molecular complexity index is 536. The van der Waals surface area contributed by atoms with E-state index in [-0.39, 0.29) is 0 Å². The van der Waals surface area contributed by atoms with Gasteiger partial charge >= 0.3 is 11.9 Å². The number of pyridine rings is 1. The van der Waals surface area contributed by atoms with Crippen LogP contribution in [0.2, 0.25) is 0 Å². The number of nitrogens with zero attached hydrogens (tertiary/aromatic N) is 1. The van der Waals surface area contributed by atoms with E-state index in [2.05, 4.69) is 22.0 Å². The molecule has 114 valence electrons. The number of hydrogen-bond donors (Lipinski definition) is 2. The highest BCUT2D eigenvalue weighted by atomic mass is 16.5. The normalized spacial score (nSPS) is 25.1. The number of carboxylic acid groups (broad SMARTS) is 1. The number of aromatic nitrogens is 1. The summed E-state index contributed by atoms with van der Waals surface area (Å²) < 4.78 is 4.66. The third kappa shape index (κ3) is 3.32. The van der Waals surface area contributed by atoms with E-state index in [0.717, 1.165) is 12.8 Å². The standard InChI is InChI=1S/C15H20N2O4/c1-10-3-6-15(7-4-10,14(19)20)17-12-9-11(5-8-16-12)13(18)21-2/h5,8-10H,3-4,6-7H2,1-2H3,(H,16,17)(H,19,20). The van der Waals surface area contributed by atoms with E-state index in [4.69, 9.17) is 0 Å². The molecule has 1 aliphatic rings. The van der Waals surface area contributed by atoms with Gasteiger partial charge in [0.25, 0.3) is 0 Å². The van der Waals surface area contributed by atoms with Gasteiger partial charge in [-0.05, 0) is 43.7 Å². The molecule has 0 radical (unpaired) electrons. The first kappa shape index (κ1) is 15.3. The first-order valence-corrected chi connectivity index (χ1v) is 7.03. The van der Waals surface area contributed by atoms with Crippen LogP contribution in [-0.4, -0.2) is 34.7 Å². The van der Waals surface area contributed by atoms with Gasteiger partial charge in [-0.15, -0.1) is 0 Å². The lowest BCUT2D eigenvalue weighted by Gasteiger charge is -2.36. The Labute approximate surface area is 123 Å². The van der Waals surface area contributed by atoms with Gasteiger partial charge in [0.2, 0.25) is 0 Å². The number of carbonyl (C=O) groups excluding carboxylic acids is 1. The highest BCUT2D eigenvalue weighted by Gasteiger charge is 2.41. The highest BCUT2D eigenvalue weighted by Crippen LogP contribution is 2.34. The predicted octanol–water partition coefficient (Wildman–Crippen LogP) is 2.31. The topological polar surface area (TPSA) is 88.5 Å². The zero-order valence-corrected chi connectivity index (χ0v) is 12.3. The van der Waals surface area contributed by atoms with Crippen LogP contribution >= 0.6 is 0 Å². The maximum absolute atomic E-state index is 11.7. The second kappa shape index (κ2) is 6.11. The van der Waals surface area contributed by atoms with Crippen molar-refractivity contribution in [3.8, 4) is 0 Å². The second-order valence-corrected chi connectivity index (χ2v) is 5.62. The van der Waals surface area contributed by atoms with Crippen LogP contribution in [0.15, 0.2) is 18.3 Å². The Kier molecular flexibility index (Phi) is 4.45. The van der Waals surface area contributed by atoms with Crippen LogP contribution in [0.3, 0.4) is 0 Å². The minimum Gasteiger partial charge on any atom is -0.480 e. The first-order chi connectivity index (χ1) is 9.97. The third-order valence-corrected chi connectivity index (χ3v) is 4.09. The fraction of sp³-hybridized carbons (Fsp3) is 0.533. The molecule has 0 aliphatic heterocycles. The SMILES string of the molecule is COC(=O)c1ccnc(NC2(C(=O)O)CCC(C)CC2)c1. The third-order valence-electron chi connectivity index (χ3n) is 4.09. The van der Waals surface area contributed by atoms with Crippen LogP contribution in [0.25, 0.3) is 0 Å². The van der Waals surface area contributed by atoms with Crippen molar-refractivity contribution in [1.82, 2.24) is 4.98 Å². The van der Waals surface area contributed by atoms with Gasteiger partial charge in [0, 0.05) is 6.20 Å². The maximum Gasteiger partial charge on any atom is 0.338 e. The molecule has 1 saturated carbocycles. The van der Waals surface area contributed by atoms with Gasteiger partial charge in [0.15, 0.2) is 0 Å². The summed E-state index contributed by atoms with van der Waals surface area (Å²) in [5.41, 5.74) is -0.659. The van der Waals surface area contributed by atoms with Crippen LogP contribution in [0.4, 0.5) is 5.82 Å². The van der Waals surface area contributed by atoms with Gasteiger partial charge in [-0.3, -0.25) is 0 Å². The van der Waals surface area contributed by atoms with Crippen molar-refractivity contribution in [1.29, 1.82) is 0 Å². The van der Waals surface area contributed by atoms with Crippen LogP contribution in [-0.2, 0) is 9.53 Å². The number of rotatable bonds is 4. The van der Waals surface area contributed by atoms with Crippen molar-refractivity contribution >= 4 is 17.8 Å². The van der Waals surface area contributed by atoms with Gasteiger partial charge < -0.3 is 15.2 Å². The van der Waals surface area contributed by atoms with Gasteiger partial charge in [0.1, 0.15) is 11.4 Å². The average Bonchev–Trinajstić information content (AvgIpc) is 2.49. The van der Waals surface area contributed by atoms with E-state index in [1.54, 1.807) is 0 Å². The number of esters is 1. The molecule has 0 unspecified atom stereocenters. The molecule has 0 spiro atoms. The largest absolute Gasteiger partial charge is 0.480 e. The molecule has 1 aromatic heterocycles. The van der Waals surface area contributed by atoms with Crippen molar-refractivity contribution in [2.75, 3.05) is 12.4 Å². The molecule has 1 aromatic rings. The van der Waals surface area contributed by atoms with E-state index in [1.165, 1.54) is 25.4 Å². The second-order valence-electron chi connectivity index (χ2n) is 5.62. The summed E-state index contributed by atoms with van der Waals surface area (Å²) in [6.45, 7) is 2.13. The molecule has 0 atom stereocenters. The molecule has 0 saturated heterocycles. The Morgan fingerprint density at radius 2 is 2.10 bits per heavy atom. The molecule has 2 N–H and O–H groups in total. The van der Waals surface area contributed by atoms with Gasteiger partial charge in [-0.1, -0.05) is 6.92 Å². The molecule has 21 heavy (non-hydrogen) atoms. The molecule has 1 aliphatic carbocycles. The predicted molar refractivity (Wildman–Crippen MR) is 77.2 cm³/mol. The fourth-order valence-electron chi connectivity index (χ4n) is 2.64. The summed E-state index contributed by atoms with van der Waals surface area (Å²) in [5.74, 6) is -0.426. The van der Waals surface area contributed by atoms with Crippen LogP contribution < -0.4 is 5.32 Å². The molecule has 1 fully saturated rings. The monoisotopic (exact) mass is 292 g/mol. The Balaban J connectivity index is 2.22. The van der Waals surface area contributed by atoms with E-state index >= 15 is 0 Å². The summed E-state index contributed by atoms with van der Waals surface area (Å²) in [6.07, 6.45) is 4.28. The summed E-state index contributed by atoms with van der Waals surface area (Å²) >= 11 is 0. The molecular weight excluding hydrogens is 272 g/mol. The summed E-state index contributed by atoms with van der Waals surface area (Å²) in [7, 11) is 1.30. The van der Waals surface area contributed by atoms with Crippen LogP contribution in [0.1, 0.15) is 43.0 Å². The van der Waals surface area contributed by atoms with Crippen molar-refractivity contribution in [2.24, 2.45) is 5.92 Å². The molecule has 6 heteroatoms. The number of hydrogen-bond acceptors (Lipinski definition) is 5. The summed E-state index contributed by atoms with van der Waals surface area (Å²) in [5, 5.41) is 12.6. The molecule has 2 rings (SSSR count). The first-order valence-electron chi connectivity index (χ1n) is 7.03. The number of nitrogens with one attached hydrogen (secondary N) is 1. The summed E-state index contributed by atoms with van der Waals surface area (Å²) in [4.78, 5) is 27.3. The smallest absolute Gasteiger partial charge is 0.338 e. The molecule has 0 amide bonds. The molecular formula is C15H20N2O4. The van der Waals surface area contributed by atoms with Gasteiger partial charge in [-0.25, -0.2) is 14.6 Å². The summed E-state index contributed by atoms with van der Waals surface area (Å²) in [6, 6.07) is 3.06. The zero-order valence-electron chi connectivity index (χ0n) is 12.3. The van der Waals surface area contributed by atoms with Crippen LogP contribution in [0, 0.1) is 5.92 Å². The van der Waals surface area contributed by atoms with Crippen LogP contribution in [0.5, 0.6) is 0 Å². The molecule has 0 aromatic carbocycles. The number of carboxylic acids is 1. The number of methoxy groups -OCH3 is 1. The van der Waals surface area contributed by atoms with Crippen molar-refractivity contribution in [3.05, 3.63) is 23.9 Å². The van der Waals surface area contributed by atoms with Crippen molar-refractivity contribution in [2.45, 2.75) is 38.1 Å². The highest BCUT2D eigenvalue weighted by molar-refractivity contribution is 5.90. The van der Waals surface area contributed by atoms with E-state index in [9.17, 15) is 14.7 Å². The van der Waals surface area contributed by atoms with Gasteiger partial charge in [-0.2, -0.15) is 0 Å². The minimum absolute atomic E-state index is 0.347. The lowest BCUT2D eigenvalue weighted by Crippen LogP contribution is -2.49. The molecule has 1 heterocycles.